The van der Waals surface area contributed by atoms with Gasteiger partial charge in [-0.2, -0.15) is 5.26 Å². The van der Waals surface area contributed by atoms with Crippen LogP contribution in [0.15, 0.2) is 140 Å². The van der Waals surface area contributed by atoms with Gasteiger partial charge in [0.05, 0.1) is 39.5 Å². The van der Waals surface area contributed by atoms with E-state index in [1.54, 1.807) is 18.3 Å². The molecule has 0 spiro atoms. The lowest BCUT2D eigenvalue weighted by Gasteiger charge is -2.37. The minimum absolute atomic E-state index is 0.367. The first-order chi connectivity index (χ1) is 24.9. The molecule has 0 saturated carbocycles. The van der Waals surface area contributed by atoms with Gasteiger partial charge in [0.1, 0.15) is 17.5 Å². The molecule has 7 rings (SSSR count). The summed E-state index contributed by atoms with van der Waals surface area (Å²) in [5.74, 6) is 0.773. The van der Waals surface area contributed by atoms with Crippen LogP contribution in [0.5, 0.6) is 5.75 Å². The van der Waals surface area contributed by atoms with E-state index in [-0.39, 0.29) is 0 Å². The number of rotatable bonds is 10. The van der Waals surface area contributed by atoms with Crippen LogP contribution in [-0.4, -0.2) is 28.2 Å². The molecule has 7 aromatic rings. The third-order valence-electron chi connectivity index (χ3n) is 9.15. The van der Waals surface area contributed by atoms with Crippen molar-refractivity contribution in [1.82, 2.24) is 14.8 Å². The van der Waals surface area contributed by atoms with E-state index >= 15 is 0 Å². The van der Waals surface area contributed by atoms with Gasteiger partial charge in [0.25, 0.3) is 0 Å². The Morgan fingerprint density at radius 3 is 1.92 bits per heavy atom. The summed E-state index contributed by atoms with van der Waals surface area (Å²) in [5, 5.41) is 16.2. The third kappa shape index (κ3) is 6.55. The Morgan fingerprint density at radius 1 is 0.784 bits per heavy atom. The van der Waals surface area contributed by atoms with Crippen LogP contribution in [0.25, 0.3) is 43.8 Å². The molecule has 5 nitrogen and oxygen atoms in total. The molecule has 0 aliphatic carbocycles. The molecule has 248 valence electrons. The monoisotopic (exact) mass is 702 g/mol. The van der Waals surface area contributed by atoms with Gasteiger partial charge in [0.15, 0.2) is 0 Å². The average Bonchev–Trinajstić information content (AvgIpc) is 3.16. The van der Waals surface area contributed by atoms with Crippen molar-refractivity contribution in [1.29, 1.82) is 5.26 Å². The molecule has 0 saturated heterocycles. The topological polar surface area (TPSA) is 62.0 Å². The van der Waals surface area contributed by atoms with E-state index in [0.717, 1.165) is 55.2 Å². The fourth-order valence-corrected chi connectivity index (χ4v) is 7.13. The summed E-state index contributed by atoms with van der Waals surface area (Å²) < 4.78 is 5.79. The van der Waals surface area contributed by atoms with Crippen molar-refractivity contribution < 1.29 is 4.74 Å². The first-order valence-corrected chi connectivity index (χ1v) is 17.6. The van der Waals surface area contributed by atoms with E-state index in [1.165, 1.54) is 0 Å². The first kappa shape index (κ1) is 33.9. The summed E-state index contributed by atoms with van der Waals surface area (Å²) >= 11 is 12.7. The van der Waals surface area contributed by atoms with Crippen LogP contribution in [0, 0.1) is 11.3 Å². The van der Waals surface area contributed by atoms with Crippen molar-refractivity contribution in [3.05, 3.63) is 161 Å². The van der Waals surface area contributed by atoms with Crippen LogP contribution in [0.4, 0.5) is 0 Å². The van der Waals surface area contributed by atoms with Gasteiger partial charge < -0.3 is 9.55 Å². The largest absolute Gasteiger partial charge is 0.494 e. The molecule has 0 aliphatic heterocycles. The molecule has 0 bridgehead atoms. The lowest BCUT2D eigenvalue weighted by Crippen LogP contribution is -2.55. The lowest BCUT2D eigenvalue weighted by atomic mass is 9.46. The zero-order chi connectivity index (χ0) is 35.5. The van der Waals surface area contributed by atoms with Crippen molar-refractivity contribution in [3.63, 3.8) is 0 Å². The van der Waals surface area contributed by atoms with E-state index < -0.39 is 6.85 Å². The molecular weight excluding hydrogens is 670 g/mol. The summed E-state index contributed by atoms with van der Waals surface area (Å²) in [6.45, 7) is 8.94. The highest BCUT2D eigenvalue weighted by Crippen LogP contribution is 2.34. The summed E-state index contributed by atoms with van der Waals surface area (Å²) in [5.41, 5.74) is 6.45. The van der Waals surface area contributed by atoms with Crippen molar-refractivity contribution >= 4 is 84.8 Å². The fourth-order valence-electron chi connectivity index (χ4n) is 6.81. The number of benzene rings is 6. The van der Waals surface area contributed by atoms with E-state index in [9.17, 15) is 5.26 Å². The number of ether oxygens (including phenoxy) is 1. The standard InChI is InChI=1S/C43H33BCl2N4O/c1-4-43(35(26-47)42-27-48-40-24-38(45)39(46)25-41(40)49-42)50(28(3)29-20-22-32(23-21-29)51-5-2)44(36-18-10-14-30-12-6-8-16-33(30)36)37-19-11-15-31-13-7-9-17-34(31)37/h6-25,27H,3-5H2,1-2H3/b43-35-. The Labute approximate surface area is 308 Å². The molecule has 0 fully saturated rings. The van der Waals surface area contributed by atoms with E-state index in [2.05, 4.69) is 108 Å². The zero-order valence-corrected chi connectivity index (χ0v) is 29.8. The van der Waals surface area contributed by atoms with Crippen LogP contribution in [0.2, 0.25) is 10.0 Å². The number of allylic oxidation sites excluding steroid dienone is 2. The van der Waals surface area contributed by atoms with Crippen LogP contribution >= 0.6 is 23.2 Å². The Balaban J connectivity index is 1.56. The Bertz CT molecular complexity index is 2420. The molecule has 0 amide bonds. The van der Waals surface area contributed by atoms with Gasteiger partial charge in [-0.25, -0.2) is 4.98 Å². The van der Waals surface area contributed by atoms with Crippen LogP contribution in [0.1, 0.15) is 31.5 Å². The fraction of sp³-hybridized carbons (Fsp3) is 0.0930. The molecule has 0 radical (unpaired) electrons. The number of nitrogens with zero attached hydrogens (tertiary/aromatic N) is 4. The maximum absolute atomic E-state index is 11.0. The Morgan fingerprint density at radius 2 is 1.35 bits per heavy atom. The minimum atomic E-state index is -0.402. The summed E-state index contributed by atoms with van der Waals surface area (Å²) in [6.07, 6.45) is 2.12. The van der Waals surface area contributed by atoms with Gasteiger partial charge in [-0.15, -0.1) is 0 Å². The van der Waals surface area contributed by atoms with Crippen molar-refractivity contribution in [2.75, 3.05) is 6.61 Å². The number of hydrogen-bond donors (Lipinski definition) is 0. The van der Waals surface area contributed by atoms with Gasteiger partial charge in [0, 0.05) is 11.4 Å². The van der Waals surface area contributed by atoms with Crippen LogP contribution in [0.3, 0.4) is 0 Å². The second-order valence-electron chi connectivity index (χ2n) is 12.1. The van der Waals surface area contributed by atoms with Crippen molar-refractivity contribution in [3.8, 4) is 11.8 Å². The van der Waals surface area contributed by atoms with Gasteiger partial charge in [-0.3, -0.25) is 4.98 Å². The molecule has 6 aromatic carbocycles. The maximum Gasteiger partial charge on any atom is 0.329 e. The first-order valence-electron chi connectivity index (χ1n) is 16.8. The van der Waals surface area contributed by atoms with Gasteiger partial charge >= 0.3 is 6.85 Å². The molecule has 0 aliphatic rings. The van der Waals surface area contributed by atoms with Crippen LogP contribution < -0.4 is 15.7 Å². The van der Waals surface area contributed by atoms with Gasteiger partial charge in [-0.1, -0.05) is 122 Å². The molecule has 0 atom stereocenters. The van der Waals surface area contributed by atoms with E-state index in [1.807, 2.05) is 31.2 Å². The number of halogens is 2. The summed E-state index contributed by atoms with van der Waals surface area (Å²) in [6, 6.07) is 43.4. The SMILES string of the molecule is C=C(c1ccc(OCC)cc1)N(B(c1cccc2ccccc12)c1cccc2ccccc12)/C(CC)=C(/C#N)c1cnc2cc(Cl)c(Cl)cc2n1. The average molecular weight is 703 g/mol. The molecule has 51 heavy (non-hydrogen) atoms. The second kappa shape index (κ2) is 14.7. The highest BCUT2D eigenvalue weighted by atomic mass is 35.5. The zero-order valence-electron chi connectivity index (χ0n) is 28.3. The minimum Gasteiger partial charge on any atom is -0.494 e. The second-order valence-corrected chi connectivity index (χ2v) is 12.9. The summed E-state index contributed by atoms with van der Waals surface area (Å²) in [4.78, 5) is 11.8. The summed E-state index contributed by atoms with van der Waals surface area (Å²) in [7, 11) is 0. The van der Waals surface area contributed by atoms with E-state index in [0.29, 0.717) is 45.4 Å². The highest BCUT2D eigenvalue weighted by Gasteiger charge is 2.35. The molecule has 1 aromatic heterocycles. The molecule has 8 heteroatoms. The Kier molecular flexibility index (Phi) is 9.77. The van der Waals surface area contributed by atoms with E-state index in [4.69, 9.17) is 39.5 Å². The predicted molar refractivity (Wildman–Crippen MR) is 214 cm³/mol. The normalized spacial score (nSPS) is 11.7. The number of fused-ring (bicyclic) bond motifs is 3. The predicted octanol–water partition coefficient (Wildman–Crippen LogP) is 10.1. The third-order valence-corrected chi connectivity index (χ3v) is 9.87. The number of hydrogen-bond acceptors (Lipinski definition) is 5. The molecule has 1 heterocycles. The molecule has 0 N–H and O–H groups in total. The quantitative estimate of drug-likeness (QED) is 0.105. The van der Waals surface area contributed by atoms with Crippen molar-refractivity contribution in [2.24, 2.45) is 0 Å². The smallest absolute Gasteiger partial charge is 0.329 e. The van der Waals surface area contributed by atoms with Crippen LogP contribution in [-0.2, 0) is 0 Å². The number of nitriles is 1. The van der Waals surface area contributed by atoms with Gasteiger partial charge in [-0.05, 0) is 87.8 Å². The maximum atomic E-state index is 11.0. The highest BCUT2D eigenvalue weighted by molar-refractivity contribution is 6.87. The van der Waals surface area contributed by atoms with Crippen molar-refractivity contribution in [2.45, 2.75) is 20.3 Å². The molecular formula is C43H33BCl2N4O. The molecule has 0 unspecified atom stereocenters. The number of aromatic nitrogens is 2. The Hall–Kier alpha value is -5.61. The lowest BCUT2D eigenvalue weighted by molar-refractivity contribution is 0.340. The van der Waals surface area contributed by atoms with Gasteiger partial charge in [0.2, 0.25) is 0 Å².